The lowest BCUT2D eigenvalue weighted by atomic mass is 9.94. The standard InChI is InChI=1S/C40H60N8O/c1-10-29(3)26-37(38-27-30(4)43-32(6)44-31(5)36(11-2)40(45(7)8)49-25-13-18-42-38)39(41)33-14-12-15-35(28-33)47-19-16-34(17-20-47)48-23-21-46(9)22-24-48/h11-12,14-15,26-29,34,41-43H,2,4,6,10,13,16-25H2,1,3,5,7-9H3/b37-26?,38-27+,40-36-,41-39?,44-31+. The van der Waals surface area contributed by atoms with Crippen molar-refractivity contribution in [3.8, 4) is 0 Å². The molecular formula is C40H60N8O. The maximum absolute atomic E-state index is 9.59. The number of likely N-dealkylation sites (N-methyl/N-ethyl adjacent to an activating group) is 1. The first-order valence-corrected chi connectivity index (χ1v) is 17.9. The van der Waals surface area contributed by atoms with Crippen LogP contribution in [-0.2, 0) is 4.74 Å². The Morgan fingerprint density at radius 2 is 1.86 bits per heavy atom. The Balaban J connectivity index is 1.57. The van der Waals surface area contributed by atoms with Crippen molar-refractivity contribution >= 4 is 17.1 Å². The average molecular weight is 669 g/mol. The van der Waals surface area contributed by atoms with Crippen LogP contribution in [0.15, 0.2) is 101 Å². The van der Waals surface area contributed by atoms with E-state index < -0.39 is 0 Å². The molecule has 49 heavy (non-hydrogen) atoms. The Hall–Kier alpha value is -4.08. The molecule has 3 aliphatic heterocycles. The predicted molar refractivity (Wildman–Crippen MR) is 207 cm³/mol. The number of allylic oxidation sites excluding steroid dienone is 5. The summed E-state index contributed by atoms with van der Waals surface area (Å²) in [5.41, 5.74) is 6.45. The van der Waals surface area contributed by atoms with E-state index in [2.05, 4.69) is 96.3 Å². The van der Waals surface area contributed by atoms with E-state index >= 15 is 0 Å². The minimum absolute atomic E-state index is 0.278. The van der Waals surface area contributed by atoms with Crippen LogP contribution in [0.1, 0.15) is 52.0 Å². The van der Waals surface area contributed by atoms with Gasteiger partial charge in [0.15, 0.2) is 5.88 Å². The Labute approximate surface area is 296 Å². The molecule has 0 radical (unpaired) electrons. The maximum Gasteiger partial charge on any atom is 0.198 e. The van der Waals surface area contributed by atoms with Crippen LogP contribution in [-0.4, -0.2) is 106 Å². The fraction of sp³-hybridized carbons (Fsp3) is 0.500. The third kappa shape index (κ3) is 10.5. The SMILES string of the molecule is C=CC1=C(\N(C)C)OCCCN/C(C(=CC(C)CC)C(=N)c2cccc(N3CCC(N4CCN(C)CC4)CC3)c2)=C/C(=C)NC(=C)\N=C\1C. The maximum atomic E-state index is 9.59. The summed E-state index contributed by atoms with van der Waals surface area (Å²) in [6, 6.07) is 9.20. The van der Waals surface area contributed by atoms with Crippen LogP contribution in [0.25, 0.3) is 0 Å². The van der Waals surface area contributed by atoms with Crippen LogP contribution in [0.2, 0.25) is 0 Å². The van der Waals surface area contributed by atoms with E-state index in [0.29, 0.717) is 42.3 Å². The Morgan fingerprint density at radius 3 is 2.51 bits per heavy atom. The van der Waals surface area contributed by atoms with Gasteiger partial charge in [-0.3, -0.25) is 10.3 Å². The fourth-order valence-corrected chi connectivity index (χ4v) is 6.61. The van der Waals surface area contributed by atoms with Gasteiger partial charge < -0.3 is 30.1 Å². The molecule has 0 aromatic heterocycles. The van der Waals surface area contributed by atoms with E-state index in [4.69, 9.17) is 9.73 Å². The number of hydrogen-bond donors (Lipinski definition) is 3. The Bertz CT molecular complexity index is 1470. The van der Waals surface area contributed by atoms with Crippen molar-refractivity contribution in [3.05, 3.63) is 102 Å². The highest BCUT2D eigenvalue weighted by atomic mass is 16.5. The van der Waals surface area contributed by atoms with E-state index in [1.165, 1.54) is 31.6 Å². The Morgan fingerprint density at radius 1 is 1.14 bits per heavy atom. The lowest BCUT2D eigenvalue weighted by Crippen LogP contribution is -2.52. The third-order valence-electron chi connectivity index (χ3n) is 9.71. The summed E-state index contributed by atoms with van der Waals surface area (Å²) in [7, 11) is 6.12. The summed E-state index contributed by atoms with van der Waals surface area (Å²) < 4.78 is 6.25. The zero-order valence-corrected chi connectivity index (χ0v) is 30.9. The first kappa shape index (κ1) is 37.7. The van der Waals surface area contributed by atoms with Crippen molar-refractivity contribution in [2.24, 2.45) is 10.9 Å². The number of rotatable bonds is 9. The molecule has 3 aliphatic rings. The molecule has 3 heterocycles. The van der Waals surface area contributed by atoms with Crippen molar-refractivity contribution in [1.29, 1.82) is 5.41 Å². The van der Waals surface area contributed by atoms with Gasteiger partial charge in [0, 0.05) is 94.2 Å². The molecule has 0 aliphatic carbocycles. The number of aliphatic imine (C=N–C) groups is 1. The van der Waals surface area contributed by atoms with Gasteiger partial charge in [-0.2, -0.15) is 0 Å². The number of ether oxygens (including phenoxy) is 1. The molecule has 4 rings (SSSR count). The molecule has 1 aromatic rings. The van der Waals surface area contributed by atoms with E-state index in [1.807, 2.05) is 32.0 Å². The number of nitrogens with one attached hydrogen (secondary N) is 3. The van der Waals surface area contributed by atoms with Gasteiger partial charge in [0.1, 0.15) is 5.82 Å². The lowest BCUT2D eigenvalue weighted by molar-refractivity contribution is 0.0982. The quantitative estimate of drug-likeness (QED) is 0.273. The van der Waals surface area contributed by atoms with Gasteiger partial charge in [0.05, 0.1) is 23.6 Å². The highest BCUT2D eigenvalue weighted by Crippen LogP contribution is 2.27. The van der Waals surface area contributed by atoms with Gasteiger partial charge in [0.25, 0.3) is 0 Å². The summed E-state index contributed by atoms with van der Waals surface area (Å²) in [6.07, 6.45) is 10.0. The van der Waals surface area contributed by atoms with Crippen molar-refractivity contribution in [3.63, 3.8) is 0 Å². The topological polar surface area (TPSA) is 82.5 Å². The molecule has 1 aromatic carbocycles. The number of anilines is 1. The number of nitrogens with zero attached hydrogens (tertiary/aromatic N) is 5. The third-order valence-corrected chi connectivity index (χ3v) is 9.71. The van der Waals surface area contributed by atoms with Gasteiger partial charge in [0.2, 0.25) is 0 Å². The normalized spacial score (nSPS) is 24.3. The van der Waals surface area contributed by atoms with Crippen molar-refractivity contribution in [2.45, 2.75) is 52.5 Å². The molecule has 0 bridgehead atoms. The van der Waals surface area contributed by atoms with Crippen LogP contribution in [0, 0.1) is 11.3 Å². The Kier molecular flexibility index (Phi) is 13.9. The molecule has 0 spiro atoms. The summed E-state index contributed by atoms with van der Waals surface area (Å²) in [6.45, 7) is 26.6. The minimum atomic E-state index is 0.278. The van der Waals surface area contributed by atoms with Gasteiger partial charge in [-0.05, 0) is 57.4 Å². The summed E-state index contributed by atoms with van der Waals surface area (Å²) >= 11 is 0. The summed E-state index contributed by atoms with van der Waals surface area (Å²) in [5, 5.41) is 16.5. The largest absolute Gasteiger partial charge is 0.479 e. The second-order valence-electron chi connectivity index (χ2n) is 13.7. The first-order chi connectivity index (χ1) is 23.5. The van der Waals surface area contributed by atoms with Crippen LogP contribution in [0.4, 0.5) is 5.69 Å². The van der Waals surface area contributed by atoms with Crippen molar-refractivity contribution in [1.82, 2.24) is 25.3 Å². The molecule has 9 nitrogen and oxygen atoms in total. The fourth-order valence-electron chi connectivity index (χ4n) is 6.61. The summed E-state index contributed by atoms with van der Waals surface area (Å²) in [4.78, 5) is 14.3. The van der Waals surface area contributed by atoms with E-state index in [-0.39, 0.29) is 5.92 Å². The number of piperazine rings is 1. The van der Waals surface area contributed by atoms with Crippen LogP contribution in [0.5, 0.6) is 0 Å². The predicted octanol–water partition coefficient (Wildman–Crippen LogP) is 6.13. The molecule has 2 saturated heterocycles. The molecular weight excluding hydrogens is 608 g/mol. The van der Waals surface area contributed by atoms with Gasteiger partial charge in [-0.1, -0.05) is 64.3 Å². The molecule has 1 atom stereocenters. The molecule has 2 fully saturated rings. The molecule has 9 heteroatoms. The zero-order valence-electron chi connectivity index (χ0n) is 30.9. The minimum Gasteiger partial charge on any atom is -0.479 e. The van der Waals surface area contributed by atoms with Crippen LogP contribution < -0.4 is 15.5 Å². The highest BCUT2D eigenvalue weighted by Gasteiger charge is 2.27. The molecule has 3 N–H and O–H groups in total. The van der Waals surface area contributed by atoms with Crippen molar-refractivity contribution < 1.29 is 4.74 Å². The van der Waals surface area contributed by atoms with Gasteiger partial charge >= 0.3 is 0 Å². The number of hydrogen-bond acceptors (Lipinski definition) is 9. The second-order valence-corrected chi connectivity index (χ2v) is 13.7. The molecule has 1 unspecified atom stereocenters. The highest BCUT2D eigenvalue weighted by molar-refractivity contribution is 6.13. The van der Waals surface area contributed by atoms with Crippen molar-refractivity contribution in [2.75, 3.05) is 78.5 Å². The molecule has 266 valence electrons. The number of piperidine rings is 1. The second kappa shape index (κ2) is 18.1. The zero-order chi connectivity index (χ0) is 35.5. The van der Waals surface area contributed by atoms with Gasteiger partial charge in [-0.15, -0.1) is 0 Å². The van der Waals surface area contributed by atoms with Crippen LogP contribution >= 0.6 is 0 Å². The molecule has 0 saturated carbocycles. The molecule has 0 amide bonds. The van der Waals surface area contributed by atoms with Gasteiger partial charge in [-0.25, -0.2) is 4.99 Å². The van der Waals surface area contributed by atoms with E-state index in [9.17, 15) is 5.41 Å². The number of benzene rings is 1. The van der Waals surface area contributed by atoms with Crippen LogP contribution in [0.3, 0.4) is 0 Å². The van der Waals surface area contributed by atoms with E-state index in [1.54, 1.807) is 6.08 Å². The first-order valence-electron chi connectivity index (χ1n) is 17.9. The average Bonchev–Trinajstić information content (AvgIpc) is 3.09. The monoisotopic (exact) mass is 668 g/mol. The van der Waals surface area contributed by atoms with E-state index in [0.717, 1.165) is 67.1 Å². The smallest absolute Gasteiger partial charge is 0.198 e. The lowest BCUT2D eigenvalue weighted by Gasteiger charge is -2.42. The summed E-state index contributed by atoms with van der Waals surface area (Å²) in [5.74, 6) is 1.44.